The van der Waals surface area contributed by atoms with Gasteiger partial charge in [0.15, 0.2) is 0 Å². The lowest BCUT2D eigenvalue weighted by Gasteiger charge is -2.04. The Morgan fingerprint density at radius 1 is 0.442 bits per heavy atom. The number of rotatable bonds is 34. The maximum Gasteiger partial charge on any atom is 0.305 e. The molecule has 0 radical (unpaired) electrons. The Morgan fingerprint density at radius 3 is 1.14 bits per heavy atom. The molecule has 0 amide bonds. The first kappa shape index (κ1) is 44.3. The van der Waals surface area contributed by atoms with Gasteiger partial charge in [-0.2, -0.15) is 0 Å². The summed E-state index contributed by atoms with van der Waals surface area (Å²) in [6.07, 6.45) is 46.3. The van der Waals surface area contributed by atoms with E-state index in [1.165, 1.54) is 173 Å². The van der Waals surface area contributed by atoms with Gasteiger partial charge in [-0.05, 0) is 44.9 Å². The second kappa shape index (κ2) is 43.3. The molecule has 0 atom stereocenters. The Labute approximate surface area is 271 Å². The van der Waals surface area contributed by atoms with Crippen molar-refractivity contribution in [3.63, 3.8) is 0 Å². The molecule has 0 aliphatic carbocycles. The molecule has 0 rings (SSSR count). The normalized spacial score (nSPS) is 11.2. The second-order valence-electron chi connectivity index (χ2n) is 12.9. The first-order valence-corrected chi connectivity index (χ1v) is 19.6. The van der Waals surface area contributed by atoms with Crippen molar-refractivity contribution in [2.75, 3.05) is 13.2 Å². The van der Waals surface area contributed by atoms with Crippen LogP contribution in [0.1, 0.15) is 226 Å². The largest absolute Gasteiger partial charge is 0.466 e. The van der Waals surface area contributed by atoms with Crippen LogP contribution < -0.4 is 0 Å². The molecule has 0 bridgehead atoms. The molecular formula is C40H80O3. The van der Waals surface area contributed by atoms with E-state index < -0.39 is 0 Å². The number of aliphatic hydroxyl groups is 1. The molecule has 0 aromatic carbocycles. The number of aliphatic hydroxyl groups excluding tert-OH is 1. The van der Waals surface area contributed by atoms with E-state index in [0.29, 0.717) is 19.6 Å². The van der Waals surface area contributed by atoms with E-state index in [1.54, 1.807) is 0 Å². The van der Waals surface area contributed by atoms with Gasteiger partial charge in [0, 0.05) is 13.0 Å². The summed E-state index contributed by atoms with van der Waals surface area (Å²) in [5.74, 6) is -0.00172. The maximum absolute atomic E-state index is 11.4. The zero-order valence-corrected chi connectivity index (χ0v) is 30.0. The van der Waals surface area contributed by atoms with Gasteiger partial charge in [0.2, 0.25) is 0 Å². The zero-order valence-electron chi connectivity index (χ0n) is 30.0. The van der Waals surface area contributed by atoms with Gasteiger partial charge in [0.25, 0.3) is 0 Å². The van der Waals surface area contributed by atoms with Crippen LogP contribution in [-0.4, -0.2) is 24.3 Å². The van der Waals surface area contributed by atoms with Crippen LogP contribution in [0.5, 0.6) is 0 Å². The summed E-state index contributed by atoms with van der Waals surface area (Å²) in [6, 6.07) is 0. The van der Waals surface area contributed by atoms with Crippen molar-refractivity contribution in [1.29, 1.82) is 0 Å². The molecule has 0 unspecified atom stereocenters. The van der Waals surface area contributed by atoms with Crippen LogP contribution in [0.3, 0.4) is 0 Å². The van der Waals surface area contributed by atoms with Crippen LogP contribution >= 0.6 is 0 Å². The van der Waals surface area contributed by atoms with Crippen LogP contribution in [0, 0.1) is 0 Å². The summed E-state index contributed by atoms with van der Waals surface area (Å²) >= 11 is 0. The van der Waals surface area contributed by atoms with Crippen molar-refractivity contribution >= 4 is 5.97 Å². The van der Waals surface area contributed by atoms with Crippen LogP contribution in [0.2, 0.25) is 0 Å². The minimum atomic E-state index is -0.00172. The summed E-state index contributed by atoms with van der Waals surface area (Å²) in [4.78, 5) is 11.4. The van der Waals surface area contributed by atoms with Crippen LogP contribution in [-0.2, 0) is 9.53 Å². The predicted molar refractivity (Wildman–Crippen MR) is 192 cm³/mol. The van der Waals surface area contributed by atoms with Crippen molar-refractivity contribution in [3.05, 3.63) is 12.2 Å². The van der Waals surface area contributed by atoms with Crippen molar-refractivity contribution in [2.24, 2.45) is 0 Å². The van der Waals surface area contributed by atoms with Gasteiger partial charge in [-0.1, -0.05) is 187 Å². The van der Waals surface area contributed by atoms with E-state index in [4.69, 9.17) is 9.84 Å². The lowest BCUT2D eigenvalue weighted by Crippen LogP contribution is -2.05. The highest BCUT2D eigenvalue weighted by atomic mass is 16.5. The molecule has 3 heteroatoms. The standard InChI is InChI=1S/C22H44O2.C18H36O/c1-3-5-7-8-9-10-11-12-13-14-15-16-17-18-19-20-22(23)24-21-6-4-2;1-2-3-4-5-6-7-8-9-10-11-12-13-14-15-16-17-18-19/h3-21H2,1-2H3;9-10,19H,2-8,11-18H2,1H3/b;10-9-. The lowest BCUT2D eigenvalue weighted by molar-refractivity contribution is -0.143. The molecular weight excluding hydrogens is 528 g/mol. The van der Waals surface area contributed by atoms with Gasteiger partial charge < -0.3 is 9.84 Å². The van der Waals surface area contributed by atoms with Crippen molar-refractivity contribution in [3.8, 4) is 0 Å². The van der Waals surface area contributed by atoms with Gasteiger partial charge in [-0.25, -0.2) is 0 Å². The highest BCUT2D eigenvalue weighted by Crippen LogP contribution is 2.14. The Bertz CT molecular complexity index is 516. The number of ether oxygens (including phenoxy) is 1. The van der Waals surface area contributed by atoms with Crippen molar-refractivity contribution in [2.45, 2.75) is 226 Å². The molecule has 0 aromatic heterocycles. The van der Waals surface area contributed by atoms with Gasteiger partial charge in [-0.15, -0.1) is 0 Å². The number of esters is 1. The minimum Gasteiger partial charge on any atom is -0.466 e. The van der Waals surface area contributed by atoms with Crippen molar-refractivity contribution < 1.29 is 14.6 Å². The number of hydrogen-bond donors (Lipinski definition) is 1. The Hall–Kier alpha value is -0.830. The number of allylic oxidation sites excluding steroid dienone is 2. The topological polar surface area (TPSA) is 46.5 Å². The molecule has 3 nitrogen and oxygen atoms in total. The summed E-state index contributed by atoms with van der Waals surface area (Å²) < 4.78 is 5.16. The smallest absolute Gasteiger partial charge is 0.305 e. The van der Waals surface area contributed by atoms with Gasteiger partial charge in [0.1, 0.15) is 0 Å². The monoisotopic (exact) mass is 609 g/mol. The highest BCUT2D eigenvalue weighted by molar-refractivity contribution is 5.69. The molecule has 1 N–H and O–H groups in total. The van der Waals surface area contributed by atoms with Crippen LogP contribution in [0.15, 0.2) is 12.2 Å². The average molecular weight is 609 g/mol. The molecule has 0 aromatic rings. The van der Waals surface area contributed by atoms with E-state index in [9.17, 15) is 4.79 Å². The first-order valence-electron chi connectivity index (χ1n) is 19.6. The van der Waals surface area contributed by atoms with Gasteiger partial charge in [0.05, 0.1) is 6.61 Å². The van der Waals surface area contributed by atoms with Gasteiger partial charge >= 0.3 is 5.97 Å². The molecule has 0 heterocycles. The summed E-state index contributed by atoms with van der Waals surface area (Å²) in [6.45, 7) is 7.63. The molecule has 0 saturated heterocycles. The molecule has 0 spiro atoms. The maximum atomic E-state index is 11.4. The Balaban J connectivity index is 0. The third kappa shape index (κ3) is 45.7. The lowest BCUT2D eigenvalue weighted by atomic mass is 10.0. The number of hydrogen-bond acceptors (Lipinski definition) is 3. The van der Waals surface area contributed by atoms with Crippen LogP contribution in [0.4, 0.5) is 0 Å². The van der Waals surface area contributed by atoms with E-state index in [0.717, 1.165) is 25.7 Å². The fourth-order valence-electron chi connectivity index (χ4n) is 5.40. The first-order chi connectivity index (χ1) is 21.2. The zero-order chi connectivity index (χ0) is 31.7. The molecule has 0 saturated carbocycles. The molecule has 43 heavy (non-hydrogen) atoms. The fourth-order valence-corrected chi connectivity index (χ4v) is 5.40. The van der Waals surface area contributed by atoms with E-state index in [2.05, 4.69) is 32.9 Å². The molecule has 0 fully saturated rings. The number of unbranched alkanes of at least 4 members (excludes halogenated alkanes) is 27. The second-order valence-corrected chi connectivity index (χ2v) is 12.9. The molecule has 258 valence electrons. The molecule has 0 aliphatic heterocycles. The Morgan fingerprint density at radius 2 is 0.767 bits per heavy atom. The van der Waals surface area contributed by atoms with E-state index in [-0.39, 0.29) is 5.97 Å². The number of carbonyl (C=O) groups is 1. The third-order valence-corrected chi connectivity index (χ3v) is 8.42. The minimum absolute atomic E-state index is 0.00172. The third-order valence-electron chi connectivity index (χ3n) is 8.42. The summed E-state index contributed by atoms with van der Waals surface area (Å²) in [5.41, 5.74) is 0. The Kier molecular flexibility index (Phi) is 44.6. The SMILES string of the molecule is CCCCCCCC/C=C\CCCCCCCCO.CCCCCCCCCCCCCCCCCC(=O)OCCCC. The van der Waals surface area contributed by atoms with E-state index >= 15 is 0 Å². The quantitative estimate of drug-likeness (QED) is 0.0449. The van der Waals surface area contributed by atoms with Crippen molar-refractivity contribution in [1.82, 2.24) is 0 Å². The summed E-state index contributed by atoms with van der Waals surface area (Å²) in [7, 11) is 0. The van der Waals surface area contributed by atoms with Crippen LogP contribution in [0.25, 0.3) is 0 Å². The van der Waals surface area contributed by atoms with Gasteiger partial charge in [-0.3, -0.25) is 4.79 Å². The highest BCUT2D eigenvalue weighted by Gasteiger charge is 2.02. The summed E-state index contributed by atoms with van der Waals surface area (Å²) in [5, 5.41) is 8.66. The number of carbonyl (C=O) groups excluding carboxylic acids is 1. The molecule has 0 aliphatic rings. The predicted octanol–water partition coefficient (Wildman–Crippen LogP) is 13.6. The fraction of sp³-hybridized carbons (Fsp3) is 0.925. The average Bonchev–Trinajstić information content (AvgIpc) is 3.01. The van der Waals surface area contributed by atoms with E-state index in [1.807, 2.05) is 0 Å².